The molecule has 0 N–H and O–H groups in total. The lowest BCUT2D eigenvalue weighted by atomic mass is 9.74. The van der Waals surface area contributed by atoms with Crippen LogP contribution in [-0.4, -0.2) is 32.9 Å². The number of nitriles is 1. The first-order valence-electron chi connectivity index (χ1n) is 8.64. The van der Waals surface area contributed by atoms with Crippen molar-refractivity contribution >= 4 is 21.6 Å². The third-order valence-corrected chi connectivity index (χ3v) is 7.27. The average molecular weight is 405 g/mol. The van der Waals surface area contributed by atoms with E-state index in [0.29, 0.717) is 29.2 Å². The molecule has 5 nitrogen and oxygen atoms in total. The van der Waals surface area contributed by atoms with Gasteiger partial charge in [-0.1, -0.05) is 29.3 Å². The van der Waals surface area contributed by atoms with Gasteiger partial charge in [0.1, 0.15) is 5.75 Å². The van der Waals surface area contributed by atoms with E-state index in [4.69, 9.17) is 16.3 Å². The van der Waals surface area contributed by atoms with Crippen LogP contribution >= 0.6 is 11.6 Å². The van der Waals surface area contributed by atoms with E-state index in [0.717, 1.165) is 5.56 Å². The number of ether oxygens (including phenoxy) is 1. The molecule has 0 bridgehead atoms. The summed E-state index contributed by atoms with van der Waals surface area (Å²) in [5.74, 6) is 0.593. The molecule has 0 aromatic heterocycles. The van der Waals surface area contributed by atoms with Crippen molar-refractivity contribution in [2.75, 3.05) is 20.2 Å². The van der Waals surface area contributed by atoms with Crippen LogP contribution < -0.4 is 4.74 Å². The number of nitrogens with zero attached hydrogens (tertiary/aromatic N) is 2. The molecule has 2 aromatic carbocycles. The van der Waals surface area contributed by atoms with Crippen molar-refractivity contribution in [3.8, 4) is 11.8 Å². The van der Waals surface area contributed by atoms with Crippen molar-refractivity contribution in [1.82, 2.24) is 4.31 Å². The Bertz CT molecular complexity index is 973. The largest absolute Gasteiger partial charge is 0.496 e. The van der Waals surface area contributed by atoms with Crippen molar-refractivity contribution in [3.63, 3.8) is 0 Å². The van der Waals surface area contributed by atoms with Gasteiger partial charge in [0.25, 0.3) is 0 Å². The van der Waals surface area contributed by atoms with E-state index in [-0.39, 0.29) is 18.0 Å². The summed E-state index contributed by atoms with van der Waals surface area (Å²) in [6.45, 7) is 2.44. The van der Waals surface area contributed by atoms with Crippen molar-refractivity contribution in [3.05, 3.63) is 58.6 Å². The number of halogens is 1. The Balaban J connectivity index is 1.88. The molecule has 1 saturated heterocycles. The van der Waals surface area contributed by atoms with Gasteiger partial charge in [0.2, 0.25) is 10.0 Å². The molecular formula is C20H21ClN2O3S. The van der Waals surface area contributed by atoms with Gasteiger partial charge in [0.05, 0.1) is 23.5 Å². The summed E-state index contributed by atoms with van der Waals surface area (Å²) in [7, 11) is -2.03. The summed E-state index contributed by atoms with van der Waals surface area (Å²) in [6, 6.07) is 14.4. The fraction of sp³-hybridized carbons (Fsp3) is 0.350. The Morgan fingerprint density at radius 2 is 1.78 bits per heavy atom. The lowest BCUT2D eigenvalue weighted by Crippen LogP contribution is -2.44. The molecule has 1 aliphatic rings. The van der Waals surface area contributed by atoms with E-state index in [2.05, 4.69) is 6.07 Å². The first-order chi connectivity index (χ1) is 12.8. The van der Waals surface area contributed by atoms with Gasteiger partial charge in [0, 0.05) is 23.7 Å². The Hall–Kier alpha value is -2.07. The maximum Gasteiger partial charge on any atom is 0.243 e. The molecule has 0 amide bonds. The minimum Gasteiger partial charge on any atom is -0.496 e. The number of methoxy groups -OCH3 is 1. The first kappa shape index (κ1) is 19.7. The molecule has 0 atom stereocenters. The van der Waals surface area contributed by atoms with E-state index in [1.807, 2.05) is 6.92 Å². The van der Waals surface area contributed by atoms with Crippen molar-refractivity contribution in [2.45, 2.75) is 30.1 Å². The van der Waals surface area contributed by atoms with Gasteiger partial charge in [-0.3, -0.25) is 0 Å². The van der Waals surface area contributed by atoms with Crippen LogP contribution in [0.3, 0.4) is 0 Å². The molecule has 0 aliphatic carbocycles. The number of sulfonamides is 1. The predicted molar refractivity (Wildman–Crippen MR) is 104 cm³/mol. The van der Waals surface area contributed by atoms with Gasteiger partial charge in [-0.05, 0) is 50.1 Å². The molecular weight excluding hydrogens is 384 g/mol. The second-order valence-corrected chi connectivity index (χ2v) is 9.13. The highest BCUT2D eigenvalue weighted by Gasteiger charge is 2.41. The van der Waals surface area contributed by atoms with Gasteiger partial charge in [-0.15, -0.1) is 0 Å². The van der Waals surface area contributed by atoms with Crippen LogP contribution in [0.15, 0.2) is 47.4 Å². The lowest BCUT2D eigenvalue weighted by molar-refractivity contribution is 0.271. The minimum atomic E-state index is -3.58. The highest BCUT2D eigenvalue weighted by Crippen LogP contribution is 2.42. The van der Waals surface area contributed by atoms with Gasteiger partial charge < -0.3 is 4.74 Å². The molecule has 0 radical (unpaired) electrons. The van der Waals surface area contributed by atoms with E-state index in [1.165, 1.54) is 4.31 Å². The van der Waals surface area contributed by atoms with Gasteiger partial charge in [-0.25, -0.2) is 8.42 Å². The molecule has 1 fully saturated rings. The monoisotopic (exact) mass is 404 g/mol. The maximum absolute atomic E-state index is 12.9. The lowest BCUT2D eigenvalue weighted by Gasteiger charge is -2.37. The van der Waals surface area contributed by atoms with E-state index in [1.54, 1.807) is 49.6 Å². The van der Waals surface area contributed by atoms with Gasteiger partial charge in [-0.2, -0.15) is 9.57 Å². The average Bonchev–Trinajstić information content (AvgIpc) is 2.68. The summed E-state index contributed by atoms with van der Waals surface area (Å²) >= 11 is 6.13. The van der Waals surface area contributed by atoms with E-state index < -0.39 is 15.4 Å². The Morgan fingerprint density at radius 1 is 1.15 bits per heavy atom. The number of hydrogen-bond donors (Lipinski definition) is 0. The highest BCUT2D eigenvalue weighted by molar-refractivity contribution is 7.89. The number of hydrogen-bond acceptors (Lipinski definition) is 4. The summed E-state index contributed by atoms with van der Waals surface area (Å²) in [6.07, 6.45) is 0.761. The summed E-state index contributed by atoms with van der Waals surface area (Å²) in [4.78, 5) is 0.276. The zero-order valence-electron chi connectivity index (χ0n) is 15.3. The second-order valence-electron chi connectivity index (χ2n) is 6.76. The van der Waals surface area contributed by atoms with Crippen LogP contribution in [0.1, 0.15) is 24.0 Å². The van der Waals surface area contributed by atoms with Crippen molar-refractivity contribution < 1.29 is 13.2 Å². The van der Waals surface area contributed by atoms with E-state index >= 15 is 0 Å². The molecule has 0 unspecified atom stereocenters. The van der Waals surface area contributed by atoms with Gasteiger partial charge in [0.15, 0.2) is 0 Å². The number of rotatable bonds is 4. The number of piperidine rings is 1. The Labute approximate surface area is 165 Å². The maximum atomic E-state index is 12.9. The van der Waals surface area contributed by atoms with E-state index in [9.17, 15) is 13.7 Å². The molecule has 0 spiro atoms. The van der Waals surface area contributed by atoms with Crippen LogP contribution in [0.4, 0.5) is 0 Å². The molecule has 2 aromatic rings. The highest BCUT2D eigenvalue weighted by atomic mass is 35.5. The topological polar surface area (TPSA) is 70.4 Å². The van der Waals surface area contributed by atoms with Crippen LogP contribution in [-0.2, 0) is 15.4 Å². The smallest absolute Gasteiger partial charge is 0.243 e. The van der Waals surface area contributed by atoms with Crippen molar-refractivity contribution in [2.24, 2.45) is 0 Å². The molecule has 1 heterocycles. The molecule has 0 saturated carbocycles. The van der Waals surface area contributed by atoms with Crippen LogP contribution in [0, 0.1) is 18.3 Å². The summed E-state index contributed by atoms with van der Waals surface area (Å²) in [5.41, 5.74) is 0.895. The summed E-state index contributed by atoms with van der Waals surface area (Å²) in [5, 5.41) is 10.4. The number of aryl methyl sites for hydroxylation is 1. The molecule has 27 heavy (non-hydrogen) atoms. The second kappa shape index (κ2) is 7.51. The van der Waals surface area contributed by atoms with Crippen LogP contribution in [0.25, 0.3) is 0 Å². The minimum absolute atomic E-state index is 0.263. The first-order valence-corrected chi connectivity index (χ1v) is 10.5. The molecule has 142 valence electrons. The molecule has 1 aliphatic heterocycles. The fourth-order valence-corrected chi connectivity index (χ4v) is 5.08. The van der Waals surface area contributed by atoms with Gasteiger partial charge >= 0.3 is 0 Å². The summed E-state index contributed by atoms with van der Waals surface area (Å²) < 4.78 is 32.7. The molecule has 3 rings (SSSR count). The Morgan fingerprint density at radius 3 is 2.33 bits per heavy atom. The fourth-order valence-electron chi connectivity index (χ4n) is 3.46. The van der Waals surface area contributed by atoms with Crippen LogP contribution in [0.2, 0.25) is 5.02 Å². The van der Waals surface area contributed by atoms with Crippen molar-refractivity contribution in [1.29, 1.82) is 5.26 Å². The molecule has 7 heteroatoms. The standard InChI is InChI=1S/C20H21ClN2O3S/c1-15-3-6-17(7-4-15)27(24,25)23-11-9-20(14-22,10-12-23)18-13-16(21)5-8-19(18)26-2/h3-8,13H,9-12H2,1-2H3. The SMILES string of the molecule is COc1ccc(Cl)cc1C1(C#N)CCN(S(=O)(=O)c2ccc(C)cc2)CC1. The predicted octanol–water partition coefficient (Wildman–Crippen LogP) is 3.90. The third kappa shape index (κ3) is 3.68. The zero-order valence-corrected chi connectivity index (χ0v) is 16.8. The third-order valence-electron chi connectivity index (χ3n) is 5.13. The Kier molecular flexibility index (Phi) is 5.48. The normalized spacial score (nSPS) is 17.3. The quantitative estimate of drug-likeness (QED) is 0.774. The number of benzene rings is 2. The van der Waals surface area contributed by atoms with Crippen LogP contribution in [0.5, 0.6) is 5.75 Å². The zero-order chi connectivity index (χ0) is 19.7.